The maximum Gasteiger partial charge on any atom is 0.243 e. The molecule has 0 spiro atoms. The van der Waals surface area contributed by atoms with Crippen molar-refractivity contribution in [2.75, 3.05) is 44.7 Å². The highest BCUT2D eigenvalue weighted by Gasteiger charge is 2.30. The number of carbonyl (C=O) groups is 1. The summed E-state index contributed by atoms with van der Waals surface area (Å²) in [6.07, 6.45) is 0. The Morgan fingerprint density at radius 3 is 2.11 bits per heavy atom. The van der Waals surface area contributed by atoms with Gasteiger partial charge in [-0.1, -0.05) is 41.4 Å². The van der Waals surface area contributed by atoms with Crippen molar-refractivity contribution in [3.63, 3.8) is 0 Å². The summed E-state index contributed by atoms with van der Waals surface area (Å²) in [6, 6.07) is 21.5. The summed E-state index contributed by atoms with van der Waals surface area (Å²) in [7, 11) is -2.26. The number of hydrogen-bond acceptors (Lipinski definition) is 5. The molecule has 9 heteroatoms. The van der Waals surface area contributed by atoms with Crippen molar-refractivity contribution in [2.45, 2.75) is 18.4 Å². The predicted octanol–water partition coefficient (Wildman–Crippen LogP) is 4.20. The lowest BCUT2D eigenvalue weighted by atomic mass is 10.2. The Balaban J connectivity index is 1.47. The van der Waals surface area contributed by atoms with Crippen LogP contribution >= 0.6 is 11.6 Å². The van der Waals surface area contributed by atoms with Crippen LogP contribution in [0.2, 0.25) is 5.02 Å². The van der Waals surface area contributed by atoms with Crippen LogP contribution in [-0.2, 0) is 21.4 Å². The molecule has 0 radical (unpaired) electrons. The van der Waals surface area contributed by atoms with Crippen LogP contribution in [0.5, 0.6) is 5.75 Å². The lowest BCUT2D eigenvalue weighted by Gasteiger charge is -2.37. The highest BCUT2D eigenvalue weighted by atomic mass is 35.5. The van der Waals surface area contributed by atoms with E-state index >= 15 is 0 Å². The molecule has 0 N–H and O–H groups in total. The lowest BCUT2D eigenvalue weighted by Crippen LogP contribution is -2.51. The Morgan fingerprint density at radius 2 is 1.53 bits per heavy atom. The van der Waals surface area contributed by atoms with Crippen LogP contribution in [0.15, 0.2) is 77.7 Å². The zero-order valence-electron chi connectivity index (χ0n) is 20.4. The van der Waals surface area contributed by atoms with Crippen molar-refractivity contribution in [1.82, 2.24) is 9.21 Å². The summed E-state index contributed by atoms with van der Waals surface area (Å²) in [5, 5.41) is 0.567. The average Bonchev–Trinajstić information content (AvgIpc) is 2.90. The molecular formula is C27H30ClN3O4S. The lowest BCUT2D eigenvalue weighted by molar-refractivity contribution is -0.131. The van der Waals surface area contributed by atoms with Crippen molar-refractivity contribution >= 4 is 33.2 Å². The van der Waals surface area contributed by atoms with Gasteiger partial charge in [-0.15, -0.1) is 0 Å². The van der Waals surface area contributed by atoms with E-state index in [9.17, 15) is 13.2 Å². The smallest absolute Gasteiger partial charge is 0.243 e. The highest BCUT2D eigenvalue weighted by molar-refractivity contribution is 7.89. The normalized spacial score (nSPS) is 14.2. The summed E-state index contributed by atoms with van der Waals surface area (Å²) in [6.45, 7) is 4.11. The van der Waals surface area contributed by atoms with Crippen molar-refractivity contribution < 1.29 is 17.9 Å². The molecule has 1 aliphatic heterocycles. The van der Waals surface area contributed by atoms with Crippen LogP contribution < -0.4 is 9.64 Å². The largest absolute Gasteiger partial charge is 0.497 e. The van der Waals surface area contributed by atoms with Crippen LogP contribution in [0.4, 0.5) is 5.69 Å². The second-order valence-corrected chi connectivity index (χ2v) is 11.2. The van der Waals surface area contributed by atoms with E-state index in [1.54, 1.807) is 60.5 Å². The number of carbonyl (C=O) groups excluding carboxylic acids is 1. The van der Waals surface area contributed by atoms with Gasteiger partial charge in [0.25, 0.3) is 0 Å². The molecule has 1 fully saturated rings. The molecule has 4 rings (SSSR count). The molecule has 1 amide bonds. The van der Waals surface area contributed by atoms with E-state index in [4.69, 9.17) is 16.3 Å². The van der Waals surface area contributed by atoms with E-state index in [1.807, 2.05) is 31.2 Å². The van der Waals surface area contributed by atoms with Crippen LogP contribution in [0.3, 0.4) is 0 Å². The molecule has 36 heavy (non-hydrogen) atoms. The van der Waals surface area contributed by atoms with Crippen LogP contribution in [0.1, 0.15) is 11.1 Å². The Labute approximate surface area is 217 Å². The average molecular weight is 528 g/mol. The standard InChI is InChI=1S/C27H30ClN3O4S/c1-21-3-13-26(14-4-21)36(33,34)31(19-22-5-7-23(28)8-6-22)20-27(32)30-17-15-29(16-18-30)24-9-11-25(35-2)12-10-24/h3-14H,15-20H2,1-2H3. The third kappa shape index (κ3) is 6.19. The first-order valence-electron chi connectivity index (χ1n) is 11.7. The summed E-state index contributed by atoms with van der Waals surface area (Å²) in [5.74, 6) is 0.581. The molecular weight excluding hydrogens is 498 g/mol. The Hall–Kier alpha value is -3.07. The van der Waals surface area contributed by atoms with E-state index in [0.717, 1.165) is 22.6 Å². The molecule has 0 aromatic heterocycles. The van der Waals surface area contributed by atoms with E-state index in [2.05, 4.69) is 4.90 Å². The molecule has 1 aliphatic rings. The fraction of sp³-hybridized carbons (Fsp3) is 0.296. The van der Waals surface area contributed by atoms with Crippen molar-refractivity contribution in [1.29, 1.82) is 0 Å². The molecule has 1 heterocycles. The number of aryl methyl sites for hydroxylation is 1. The fourth-order valence-electron chi connectivity index (χ4n) is 4.14. The first kappa shape index (κ1) is 26.0. The SMILES string of the molecule is COc1ccc(N2CCN(C(=O)CN(Cc3ccc(Cl)cc3)S(=O)(=O)c3ccc(C)cc3)CC2)cc1. The second kappa shape index (κ2) is 11.3. The first-order valence-corrected chi connectivity index (χ1v) is 13.6. The zero-order valence-corrected chi connectivity index (χ0v) is 22.0. The van der Waals surface area contributed by atoms with Gasteiger partial charge in [-0.2, -0.15) is 4.31 Å². The van der Waals surface area contributed by atoms with Gasteiger partial charge >= 0.3 is 0 Å². The van der Waals surface area contributed by atoms with Gasteiger partial charge in [0.2, 0.25) is 15.9 Å². The molecule has 0 atom stereocenters. The topological polar surface area (TPSA) is 70.2 Å². The maximum atomic E-state index is 13.5. The number of benzene rings is 3. The number of rotatable bonds is 8. The maximum absolute atomic E-state index is 13.5. The van der Waals surface area contributed by atoms with Crippen molar-refractivity contribution in [2.24, 2.45) is 0 Å². The number of piperazine rings is 1. The Bertz CT molecular complexity index is 1270. The minimum absolute atomic E-state index is 0.0743. The molecule has 7 nitrogen and oxygen atoms in total. The van der Waals surface area contributed by atoms with E-state index in [-0.39, 0.29) is 23.9 Å². The zero-order chi connectivity index (χ0) is 25.7. The number of amides is 1. The third-order valence-corrected chi connectivity index (χ3v) is 8.37. The molecule has 3 aromatic carbocycles. The number of methoxy groups -OCH3 is 1. The Kier molecular flexibility index (Phi) is 8.18. The summed E-state index contributed by atoms with van der Waals surface area (Å²) >= 11 is 6.00. The predicted molar refractivity (Wildman–Crippen MR) is 142 cm³/mol. The Morgan fingerprint density at radius 1 is 0.917 bits per heavy atom. The van der Waals surface area contributed by atoms with Crippen molar-refractivity contribution in [3.05, 3.63) is 88.9 Å². The minimum Gasteiger partial charge on any atom is -0.497 e. The third-order valence-electron chi connectivity index (χ3n) is 6.31. The number of ether oxygens (including phenoxy) is 1. The van der Waals surface area contributed by atoms with Gasteiger partial charge in [0.15, 0.2) is 0 Å². The van der Waals surface area contributed by atoms with Gasteiger partial charge in [-0.05, 0) is 61.0 Å². The quantitative estimate of drug-likeness (QED) is 0.439. The fourth-order valence-corrected chi connectivity index (χ4v) is 5.64. The van der Waals surface area contributed by atoms with Crippen LogP contribution in [0, 0.1) is 6.92 Å². The number of hydrogen-bond donors (Lipinski definition) is 0. The molecule has 0 unspecified atom stereocenters. The van der Waals surface area contributed by atoms with Gasteiger partial charge in [0.05, 0.1) is 18.6 Å². The van der Waals surface area contributed by atoms with E-state index in [0.29, 0.717) is 31.2 Å². The van der Waals surface area contributed by atoms with E-state index < -0.39 is 10.0 Å². The molecule has 1 saturated heterocycles. The number of nitrogens with zero attached hydrogens (tertiary/aromatic N) is 3. The molecule has 0 saturated carbocycles. The monoisotopic (exact) mass is 527 g/mol. The summed E-state index contributed by atoms with van der Waals surface area (Å²) < 4.78 is 33.5. The van der Waals surface area contributed by atoms with Crippen molar-refractivity contribution in [3.8, 4) is 5.75 Å². The van der Waals surface area contributed by atoms with Crippen LogP contribution in [0.25, 0.3) is 0 Å². The second-order valence-electron chi connectivity index (χ2n) is 8.78. The molecule has 0 bridgehead atoms. The van der Waals surface area contributed by atoms with Gasteiger partial charge in [0.1, 0.15) is 5.75 Å². The molecule has 190 valence electrons. The number of halogens is 1. The van der Waals surface area contributed by atoms with Crippen LogP contribution in [-0.4, -0.2) is 63.4 Å². The highest BCUT2D eigenvalue weighted by Crippen LogP contribution is 2.23. The molecule has 3 aromatic rings. The van der Waals surface area contributed by atoms with Gasteiger partial charge < -0.3 is 14.5 Å². The van der Waals surface area contributed by atoms with E-state index in [1.165, 1.54) is 4.31 Å². The minimum atomic E-state index is -3.89. The van der Waals surface area contributed by atoms with Gasteiger partial charge in [-0.25, -0.2) is 8.42 Å². The summed E-state index contributed by atoms with van der Waals surface area (Å²) in [4.78, 5) is 17.4. The summed E-state index contributed by atoms with van der Waals surface area (Å²) in [5.41, 5.74) is 2.78. The molecule has 0 aliphatic carbocycles. The number of anilines is 1. The first-order chi connectivity index (χ1) is 17.3. The van der Waals surface area contributed by atoms with Gasteiger partial charge in [0, 0.05) is 43.4 Å². The number of sulfonamides is 1. The van der Waals surface area contributed by atoms with Gasteiger partial charge in [-0.3, -0.25) is 4.79 Å².